The minimum Gasteiger partial charge on any atom is -0.378 e. The maximum absolute atomic E-state index is 12.4. The van der Waals surface area contributed by atoms with Crippen LogP contribution in [0.5, 0.6) is 0 Å². The first-order chi connectivity index (χ1) is 11.7. The van der Waals surface area contributed by atoms with Gasteiger partial charge in [-0.1, -0.05) is 13.8 Å². The van der Waals surface area contributed by atoms with Gasteiger partial charge in [0.25, 0.3) is 0 Å². The first-order valence-corrected chi connectivity index (χ1v) is 11.5. The van der Waals surface area contributed by atoms with E-state index in [9.17, 15) is 8.42 Å². The fraction of sp³-hybridized carbons (Fsp3) is 0.938. The third-order valence-corrected chi connectivity index (χ3v) is 8.64. The van der Waals surface area contributed by atoms with Crippen molar-refractivity contribution in [1.82, 2.24) is 14.9 Å². The smallest absolute Gasteiger partial charge is 0.215 e. The first kappa shape index (κ1) is 24.3. The molecule has 2 N–H and O–H groups in total. The fourth-order valence-electron chi connectivity index (χ4n) is 3.33. The van der Waals surface area contributed by atoms with Gasteiger partial charge < -0.3 is 15.4 Å². The van der Waals surface area contributed by atoms with Gasteiger partial charge in [-0.3, -0.25) is 4.99 Å². The topological polar surface area (TPSA) is 83.0 Å². The van der Waals surface area contributed by atoms with Gasteiger partial charge in [0.15, 0.2) is 5.96 Å². The minimum absolute atomic E-state index is 0. The lowest BCUT2D eigenvalue weighted by Crippen LogP contribution is -2.69. The Kier molecular flexibility index (Phi) is 8.97. The Labute approximate surface area is 179 Å². The molecule has 2 atom stereocenters. The van der Waals surface area contributed by atoms with Crippen LogP contribution in [-0.2, 0) is 14.8 Å². The van der Waals surface area contributed by atoms with Crippen LogP contribution in [0.15, 0.2) is 4.99 Å². The predicted octanol–water partition coefficient (Wildman–Crippen LogP) is 1.35. The van der Waals surface area contributed by atoms with E-state index in [2.05, 4.69) is 36.4 Å². The van der Waals surface area contributed by atoms with Gasteiger partial charge in [-0.15, -0.1) is 24.0 Å². The van der Waals surface area contributed by atoms with Gasteiger partial charge in [0.2, 0.25) is 10.0 Å². The van der Waals surface area contributed by atoms with E-state index in [4.69, 9.17) is 4.74 Å². The molecule has 1 saturated carbocycles. The van der Waals surface area contributed by atoms with E-state index < -0.39 is 10.0 Å². The summed E-state index contributed by atoms with van der Waals surface area (Å²) in [7, 11) is 0.248. The summed E-state index contributed by atoms with van der Waals surface area (Å²) in [6.45, 7) is 8.04. The number of sulfonamides is 1. The molecule has 154 valence electrons. The Morgan fingerprint density at radius 1 is 1.31 bits per heavy atom. The van der Waals surface area contributed by atoms with Crippen LogP contribution >= 0.6 is 35.7 Å². The van der Waals surface area contributed by atoms with Gasteiger partial charge in [0.1, 0.15) is 0 Å². The number of rotatable bonds is 6. The molecule has 2 aliphatic rings. The summed E-state index contributed by atoms with van der Waals surface area (Å²) < 4.78 is 32.0. The van der Waals surface area contributed by atoms with Gasteiger partial charge in [0.05, 0.1) is 11.4 Å². The molecule has 7 nitrogen and oxygen atoms in total. The third kappa shape index (κ3) is 5.18. The van der Waals surface area contributed by atoms with Crippen LogP contribution in [0.3, 0.4) is 0 Å². The van der Waals surface area contributed by atoms with Crippen molar-refractivity contribution in [1.29, 1.82) is 0 Å². The Balaban J connectivity index is 0.00000338. The highest BCUT2D eigenvalue weighted by molar-refractivity contribution is 14.0. The van der Waals surface area contributed by atoms with Gasteiger partial charge >= 0.3 is 0 Å². The lowest BCUT2D eigenvalue weighted by molar-refractivity contribution is -0.176. The summed E-state index contributed by atoms with van der Waals surface area (Å²) in [5, 5.41) is 6.53. The number of thioether (sulfide) groups is 1. The van der Waals surface area contributed by atoms with Gasteiger partial charge in [-0.25, -0.2) is 12.7 Å². The van der Waals surface area contributed by atoms with E-state index in [1.807, 2.05) is 0 Å². The summed E-state index contributed by atoms with van der Waals surface area (Å²) in [5.74, 6) is 2.48. The number of hydrogen-bond acceptors (Lipinski definition) is 5. The van der Waals surface area contributed by atoms with E-state index in [1.165, 1.54) is 0 Å². The zero-order valence-corrected chi connectivity index (χ0v) is 20.3. The zero-order valence-electron chi connectivity index (χ0n) is 16.4. The van der Waals surface area contributed by atoms with Gasteiger partial charge in [-0.05, 0) is 13.3 Å². The first-order valence-electron chi connectivity index (χ1n) is 8.74. The van der Waals surface area contributed by atoms with Crippen molar-refractivity contribution in [3.8, 4) is 0 Å². The third-order valence-electron chi connectivity index (χ3n) is 5.83. The second-order valence-corrected chi connectivity index (χ2v) is 10.7. The Morgan fingerprint density at radius 3 is 2.42 bits per heavy atom. The van der Waals surface area contributed by atoms with Crippen LogP contribution in [0.1, 0.15) is 27.2 Å². The standard InChI is InChI=1S/C16H32N4O3S2.HI/c1-15(2)13(12-16(15,3)23-5)19-14(17-4)18-6-11-25(21,22)20-7-9-24-10-8-20;/h13H,6-12H2,1-5H3,(H2,17,18,19);1H. The molecule has 2 fully saturated rings. The lowest BCUT2D eigenvalue weighted by atomic mass is 9.56. The number of nitrogens with one attached hydrogen (secondary N) is 2. The molecule has 0 aromatic carbocycles. The maximum atomic E-state index is 12.4. The van der Waals surface area contributed by atoms with Gasteiger partial charge in [0, 0.05) is 56.8 Å². The molecule has 0 bridgehead atoms. The normalized spacial score (nSPS) is 29.4. The molecule has 0 radical (unpaired) electrons. The molecule has 0 aromatic heterocycles. The summed E-state index contributed by atoms with van der Waals surface area (Å²) in [5.41, 5.74) is -0.184. The van der Waals surface area contributed by atoms with Crippen LogP contribution in [0.25, 0.3) is 0 Å². The summed E-state index contributed by atoms with van der Waals surface area (Å²) in [6, 6.07) is 0.236. The Morgan fingerprint density at radius 2 is 1.92 bits per heavy atom. The molecule has 0 spiro atoms. The SMILES string of the molecule is CN=C(NCCS(=O)(=O)N1CCSCC1)NC1CC(C)(OC)C1(C)C.I. The Bertz CT molecular complexity index is 594. The predicted molar refractivity (Wildman–Crippen MR) is 120 cm³/mol. The minimum atomic E-state index is -3.20. The maximum Gasteiger partial charge on any atom is 0.215 e. The molecule has 0 amide bonds. The highest BCUT2D eigenvalue weighted by atomic mass is 127. The second kappa shape index (κ2) is 9.62. The molecule has 26 heavy (non-hydrogen) atoms. The average Bonchev–Trinajstić information content (AvgIpc) is 2.60. The number of guanidine groups is 1. The van der Waals surface area contributed by atoms with Crippen LogP contribution in [-0.4, -0.2) is 81.4 Å². The van der Waals surface area contributed by atoms with Crippen LogP contribution < -0.4 is 10.6 Å². The molecule has 10 heteroatoms. The summed E-state index contributed by atoms with van der Waals surface area (Å²) in [6.07, 6.45) is 0.890. The molecule has 0 aromatic rings. The number of ether oxygens (including phenoxy) is 1. The van der Waals surface area contributed by atoms with Crippen molar-refractivity contribution in [2.45, 2.75) is 38.8 Å². The molecule has 1 aliphatic carbocycles. The van der Waals surface area contributed by atoms with E-state index >= 15 is 0 Å². The molecular weight excluding hydrogens is 487 g/mol. The molecule has 2 rings (SSSR count). The highest BCUT2D eigenvalue weighted by Gasteiger charge is 2.58. The van der Waals surface area contributed by atoms with Gasteiger partial charge in [-0.2, -0.15) is 11.8 Å². The number of hydrogen-bond donors (Lipinski definition) is 2. The number of methoxy groups -OCH3 is 1. The lowest BCUT2D eigenvalue weighted by Gasteiger charge is -2.59. The quantitative estimate of drug-likeness (QED) is 0.313. The average molecular weight is 521 g/mol. The van der Waals surface area contributed by atoms with Crippen LogP contribution in [0, 0.1) is 5.41 Å². The van der Waals surface area contributed by atoms with Crippen LogP contribution in [0.4, 0.5) is 0 Å². The largest absolute Gasteiger partial charge is 0.378 e. The Hall–Kier alpha value is 0.220. The van der Waals surface area contributed by atoms with Crippen molar-refractivity contribution in [3.05, 3.63) is 0 Å². The van der Waals surface area contributed by atoms with E-state index in [0.717, 1.165) is 17.9 Å². The van der Waals surface area contributed by atoms with Crippen molar-refractivity contribution in [3.63, 3.8) is 0 Å². The summed E-state index contributed by atoms with van der Waals surface area (Å²) in [4.78, 5) is 4.22. The van der Waals surface area contributed by atoms with Crippen LogP contribution in [0.2, 0.25) is 0 Å². The van der Waals surface area contributed by atoms with Crippen molar-refractivity contribution in [2.24, 2.45) is 10.4 Å². The van der Waals surface area contributed by atoms with Crippen molar-refractivity contribution < 1.29 is 13.2 Å². The van der Waals surface area contributed by atoms with Crippen molar-refractivity contribution >= 4 is 51.7 Å². The monoisotopic (exact) mass is 520 g/mol. The molecular formula is C16H33IN4O3S2. The molecule has 1 saturated heterocycles. The van der Waals surface area contributed by atoms with E-state index in [1.54, 1.807) is 30.2 Å². The number of nitrogens with zero attached hydrogens (tertiary/aromatic N) is 2. The fourth-order valence-corrected chi connectivity index (χ4v) is 5.83. The van der Waals surface area contributed by atoms with E-state index in [-0.39, 0.29) is 46.8 Å². The molecule has 1 aliphatic heterocycles. The molecule has 1 heterocycles. The van der Waals surface area contributed by atoms with E-state index in [0.29, 0.717) is 25.6 Å². The molecule has 2 unspecified atom stereocenters. The van der Waals surface area contributed by atoms with Crippen molar-refractivity contribution in [2.75, 3.05) is 51.1 Å². The number of halogens is 1. The summed E-state index contributed by atoms with van der Waals surface area (Å²) >= 11 is 1.80. The zero-order chi connectivity index (χ0) is 18.7. The number of aliphatic imine (C=N–C) groups is 1. The highest BCUT2D eigenvalue weighted by Crippen LogP contribution is 2.51. The second-order valence-electron chi connectivity index (χ2n) is 7.38.